The van der Waals surface area contributed by atoms with Crippen molar-refractivity contribution >= 4 is 11.6 Å². The second-order valence-corrected chi connectivity index (χ2v) is 5.14. The maximum atomic E-state index is 12.1. The van der Waals surface area contributed by atoms with Crippen LogP contribution in [0, 0.1) is 5.92 Å². The van der Waals surface area contributed by atoms with Crippen molar-refractivity contribution in [3.05, 3.63) is 29.8 Å². The molecular formula is C15H24N2O. The molecule has 3 nitrogen and oxygen atoms in total. The number of nitrogens with one attached hydrogen (secondary N) is 1. The molecule has 0 radical (unpaired) electrons. The Morgan fingerprint density at radius 2 is 2.00 bits per heavy atom. The molecule has 1 aromatic rings. The normalized spacial score (nSPS) is 14.3. The van der Waals surface area contributed by atoms with Crippen molar-refractivity contribution in [2.24, 2.45) is 5.92 Å². The minimum atomic E-state index is -0.0424. The zero-order chi connectivity index (χ0) is 13.7. The Morgan fingerprint density at radius 3 is 2.50 bits per heavy atom. The van der Waals surface area contributed by atoms with Crippen LogP contribution in [0.4, 0.5) is 5.69 Å². The highest BCUT2D eigenvalue weighted by molar-refractivity contribution is 5.79. The molecule has 3 N–H and O–H groups in total. The molecule has 100 valence electrons. The third kappa shape index (κ3) is 3.76. The molecule has 1 rings (SSSR count). The van der Waals surface area contributed by atoms with E-state index in [1.54, 1.807) is 0 Å². The molecule has 18 heavy (non-hydrogen) atoms. The first-order chi connectivity index (χ1) is 8.45. The standard InChI is InChI=1S/C15H24N2O/c1-5-14(11(4)15(18)17-10(2)3)12-7-6-8-13(16)9-12/h6-11,14H,5,16H2,1-4H3,(H,17,18). The van der Waals surface area contributed by atoms with Crippen LogP contribution in [0.2, 0.25) is 0 Å². The highest BCUT2D eigenvalue weighted by Gasteiger charge is 2.24. The van der Waals surface area contributed by atoms with Crippen LogP contribution in [0.15, 0.2) is 24.3 Å². The van der Waals surface area contributed by atoms with E-state index in [1.807, 2.05) is 45.0 Å². The quantitative estimate of drug-likeness (QED) is 0.787. The van der Waals surface area contributed by atoms with Crippen LogP contribution in [-0.2, 0) is 4.79 Å². The largest absolute Gasteiger partial charge is 0.399 e. The van der Waals surface area contributed by atoms with Gasteiger partial charge in [-0.3, -0.25) is 4.79 Å². The molecule has 1 aromatic carbocycles. The van der Waals surface area contributed by atoms with E-state index in [2.05, 4.69) is 12.2 Å². The van der Waals surface area contributed by atoms with Gasteiger partial charge >= 0.3 is 0 Å². The summed E-state index contributed by atoms with van der Waals surface area (Å²) in [6.45, 7) is 8.04. The maximum Gasteiger partial charge on any atom is 0.223 e. The van der Waals surface area contributed by atoms with Gasteiger partial charge in [0, 0.05) is 17.6 Å². The van der Waals surface area contributed by atoms with Gasteiger partial charge in [-0.25, -0.2) is 0 Å². The van der Waals surface area contributed by atoms with E-state index in [1.165, 1.54) is 0 Å². The number of hydrogen-bond acceptors (Lipinski definition) is 2. The fourth-order valence-corrected chi connectivity index (χ4v) is 2.27. The molecule has 0 spiro atoms. The number of nitrogen functional groups attached to an aromatic ring is 1. The smallest absolute Gasteiger partial charge is 0.223 e. The van der Waals surface area contributed by atoms with Crippen molar-refractivity contribution in [3.8, 4) is 0 Å². The molecule has 0 saturated carbocycles. The summed E-state index contributed by atoms with van der Waals surface area (Å²) in [4.78, 5) is 12.1. The fourth-order valence-electron chi connectivity index (χ4n) is 2.27. The van der Waals surface area contributed by atoms with Crippen LogP contribution in [0.5, 0.6) is 0 Å². The summed E-state index contributed by atoms with van der Waals surface area (Å²) < 4.78 is 0. The summed E-state index contributed by atoms with van der Waals surface area (Å²) in [5.41, 5.74) is 7.70. The van der Waals surface area contributed by atoms with Crippen molar-refractivity contribution in [1.82, 2.24) is 5.32 Å². The molecule has 0 aromatic heterocycles. The lowest BCUT2D eigenvalue weighted by molar-refractivity contribution is -0.125. The van der Waals surface area contributed by atoms with Crippen LogP contribution >= 0.6 is 0 Å². The van der Waals surface area contributed by atoms with Crippen molar-refractivity contribution in [3.63, 3.8) is 0 Å². The molecule has 0 fully saturated rings. The lowest BCUT2D eigenvalue weighted by Crippen LogP contribution is -2.36. The first-order valence-corrected chi connectivity index (χ1v) is 6.61. The van der Waals surface area contributed by atoms with Crippen molar-refractivity contribution in [1.29, 1.82) is 0 Å². The van der Waals surface area contributed by atoms with E-state index in [0.717, 1.165) is 17.7 Å². The predicted octanol–water partition coefficient (Wildman–Crippen LogP) is 2.92. The summed E-state index contributed by atoms with van der Waals surface area (Å²) in [5.74, 6) is 0.283. The zero-order valence-corrected chi connectivity index (χ0v) is 11.7. The molecule has 0 aliphatic rings. The summed E-state index contributed by atoms with van der Waals surface area (Å²) in [6.07, 6.45) is 0.927. The van der Waals surface area contributed by atoms with Crippen LogP contribution in [-0.4, -0.2) is 11.9 Å². The van der Waals surface area contributed by atoms with Gasteiger partial charge in [0.05, 0.1) is 0 Å². The Kier molecular flexibility index (Phi) is 5.20. The third-order valence-corrected chi connectivity index (χ3v) is 3.23. The van der Waals surface area contributed by atoms with Gasteiger partial charge in [0.15, 0.2) is 0 Å². The zero-order valence-electron chi connectivity index (χ0n) is 11.7. The van der Waals surface area contributed by atoms with Gasteiger partial charge in [0.1, 0.15) is 0 Å². The minimum absolute atomic E-state index is 0.0424. The van der Waals surface area contributed by atoms with E-state index < -0.39 is 0 Å². The SMILES string of the molecule is CCC(c1cccc(N)c1)C(C)C(=O)NC(C)C. The van der Waals surface area contributed by atoms with E-state index >= 15 is 0 Å². The van der Waals surface area contributed by atoms with Crippen LogP contribution in [0.3, 0.4) is 0 Å². The average molecular weight is 248 g/mol. The molecule has 2 unspecified atom stereocenters. The molecule has 3 heteroatoms. The lowest BCUT2D eigenvalue weighted by atomic mass is 9.84. The molecule has 0 aliphatic heterocycles. The van der Waals surface area contributed by atoms with E-state index in [4.69, 9.17) is 5.73 Å². The van der Waals surface area contributed by atoms with Crippen LogP contribution < -0.4 is 11.1 Å². The predicted molar refractivity (Wildman–Crippen MR) is 76.3 cm³/mol. The van der Waals surface area contributed by atoms with Crippen LogP contribution in [0.1, 0.15) is 45.6 Å². The first kappa shape index (κ1) is 14.6. The Bertz CT molecular complexity index is 401. The fraction of sp³-hybridized carbons (Fsp3) is 0.533. The summed E-state index contributed by atoms with van der Waals surface area (Å²) in [7, 11) is 0. The number of carbonyl (C=O) groups excluding carboxylic acids is 1. The van der Waals surface area contributed by atoms with E-state index in [9.17, 15) is 4.79 Å². The second-order valence-electron chi connectivity index (χ2n) is 5.14. The highest BCUT2D eigenvalue weighted by atomic mass is 16.1. The van der Waals surface area contributed by atoms with Gasteiger partial charge in [-0.1, -0.05) is 26.0 Å². The molecule has 2 atom stereocenters. The molecular weight excluding hydrogens is 224 g/mol. The van der Waals surface area contributed by atoms with Crippen LogP contribution in [0.25, 0.3) is 0 Å². The summed E-state index contributed by atoms with van der Waals surface area (Å²) in [5, 5.41) is 2.97. The summed E-state index contributed by atoms with van der Waals surface area (Å²) in [6, 6.07) is 8.00. The second kappa shape index (κ2) is 6.43. The van der Waals surface area contributed by atoms with Gasteiger partial charge in [-0.2, -0.15) is 0 Å². The van der Waals surface area contributed by atoms with Gasteiger partial charge in [0.25, 0.3) is 0 Å². The topological polar surface area (TPSA) is 55.1 Å². The number of carbonyl (C=O) groups is 1. The number of benzene rings is 1. The minimum Gasteiger partial charge on any atom is -0.399 e. The Hall–Kier alpha value is -1.51. The number of anilines is 1. The van der Waals surface area contributed by atoms with Gasteiger partial charge in [-0.05, 0) is 43.9 Å². The molecule has 0 bridgehead atoms. The molecule has 0 heterocycles. The van der Waals surface area contributed by atoms with E-state index in [-0.39, 0.29) is 23.8 Å². The monoisotopic (exact) mass is 248 g/mol. The third-order valence-electron chi connectivity index (χ3n) is 3.23. The van der Waals surface area contributed by atoms with Gasteiger partial charge < -0.3 is 11.1 Å². The lowest BCUT2D eigenvalue weighted by Gasteiger charge is -2.23. The Labute approximate surface area is 110 Å². The van der Waals surface area contributed by atoms with Crippen molar-refractivity contribution in [2.75, 3.05) is 5.73 Å². The molecule has 0 aliphatic carbocycles. The summed E-state index contributed by atoms with van der Waals surface area (Å²) >= 11 is 0. The number of nitrogens with two attached hydrogens (primary N) is 1. The number of hydrogen-bond donors (Lipinski definition) is 2. The Balaban J connectivity index is 2.86. The maximum absolute atomic E-state index is 12.1. The molecule has 0 saturated heterocycles. The molecule has 1 amide bonds. The first-order valence-electron chi connectivity index (χ1n) is 6.61. The number of amides is 1. The van der Waals surface area contributed by atoms with Gasteiger partial charge in [0.2, 0.25) is 5.91 Å². The van der Waals surface area contributed by atoms with Crippen molar-refractivity contribution < 1.29 is 4.79 Å². The van der Waals surface area contributed by atoms with E-state index in [0.29, 0.717) is 0 Å². The van der Waals surface area contributed by atoms with Gasteiger partial charge in [-0.15, -0.1) is 0 Å². The highest BCUT2D eigenvalue weighted by Crippen LogP contribution is 2.29. The Morgan fingerprint density at radius 1 is 1.33 bits per heavy atom. The van der Waals surface area contributed by atoms with Crippen molar-refractivity contribution in [2.45, 2.75) is 46.1 Å². The number of rotatable bonds is 5. The average Bonchev–Trinajstić information content (AvgIpc) is 2.29.